The molecule has 1 unspecified atom stereocenters. The number of thioether (sulfide) groups is 1. The zero-order valence-corrected chi connectivity index (χ0v) is 19.3. The zero-order valence-electron chi connectivity index (χ0n) is 18.5. The number of carboxylic acids is 1. The van der Waals surface area contributed by atoms with E-state index in [4.69, 9.17) is 15.6 Å². The van der Waals surface area contributed by atoms with Crippen molar-refractivity contribution in [1.29, 1.82) is 0 Å². The largest absolute Gasteiger partial charge is 0.482 e. The Labute approximate surface area is 203 Å². The van der Waals surface area contributed by atoms with Crippen molar-refractivity contribution in [3.05, 3.63) is 65.0 Å². The normalized spacial score (nSPS) is 16.1. The van der Waals surface area contributed by atoms with Crippen molar-refractivity contribution >= 4 is 29.5 Å². The number of amides is 2. The molecule has 8 nitrogen and oxygen atoms in total. The molecule has 35 heavy (non-hydrogen) atoms. The first-order chi connectivity index (χ1) is 16.6. The van der Waals surface area contributed by atoms with Crippen LogP contribution in [0.2, 0.25) is 0 Å². The number of aliphatic carboxylic acids is 1. The number of carbonyl (C=O) groups excluding carboxylic acids is 2. The van der Waals surface area contributed by atoms with Gasteiger partial charge in [-0.25, -0.2) is 18.0 Å². The van der Waals surface area contributed by atoms with Gasteiger partial charge in [0.25, 0.3) is 5.91 Å². The lowest BCUT2D eigenvalue weighted by atomic mass is 10.0. The summed E-state index contributed by atoms with van der Waals surface area (Å²) in [6.45, 7) is -0.0278. The standard InChI is InChI=1S/C23H24F3N3O5S/c24-17-10-19(26)18(25)8-14(17)7-15(27)9-20(30)29-4-5-35-23(29)22(33)28-11-13-2-1-3-16(6-13)34-12-21(31)32/h1-3,6,8,10,15,23H,4-5,7,9,11-12,27H2,(H,28,33)(H,31,32)/t15-,23?/m1/s1. The Morgan fingerprint density at radius 1 is 1.17 bits per heavy atom. The lowest BCUT2D eigenvalue weighted by Crippen LogP contribution is -2.46. The molecule has 3 rings (SSSR count). The number of hydrogen-bond acceptors (Lipinski definition) is 6. The third kappa shape index (κ3) is 7.36. The Balaban J connectivity index is 1.54. The first-order valence-electron chi connectivity index (χ1n) is 10.7. The van der Waals surface area contributed by atoms with Gasteiger partial charge >= 0.3 is 5.97 Å². The molecule has 1 saturated heterocycles. The maximum atomic E-state index is 13.9. The summed E-state index contributed by atoms with van der Waals surface area (Å²) in [6, 6.07) is 6.89. The first-order valence-corrected chi connectivity index (χ1v) is 11.7. The van der Waals surface area contributed by atoms with Gasteiger partial charge in [0.05, 0.1) is 0 Å². The van der Waals surface area contributed by atoms with Crippen LogP contribution in [0.5, 0.6) is 5.75 Å². The van der Waals surface area contributed by atoms with Crippen molar-refractivity contribution in [2.75, 3.05) is 18.9 Å². The summed E-state index contributed by atoms with van der Waals surface area (Å²) in [5.41, 5.74) is 6.50. The van der Waals surface area contributed by atoms with Crippen LogP contribution >= 0.6 is 11.8 Å². The highest BCUT2D eigenvalue weighted by Crippen LogP contribution is 2.25. The minimum absolute atomic E-state index is 0.135. The number of nitrogens with two attached hydrogens (primary N) is 1. The predicted molar refractivity (Wildman–Crippen MR) is 122 cm³/mol. The SMILES string of the molecule is N[C@@H](CC(=O)N1CCSC1C(=O)NCc1cccc(OCC(=O)O)c1)Cc1cc(F)c(F)cc1F. The summed E-state index contributed by atoms with van der Waals surface area (Å²) in [5, 5.41) is 10.7. The number of rotatable bonds is 10. The van der Waals surface area contributed by atoms with Crippen LogP contribution in [0.3, 0.4) is 0 Å². The minimum atomic E-state index is -1.31. The molecule has 4 N–H and O–H groups in total. The third-order valence-electron chi connectivity index (χ3n) is 5.17. The molecule has 0 aromatic heterocycles. The summed E-state index contributed by atoms with van der Waals surface area (Å²) in [5.74, 6) is -4.48. The Hall–Kier alpha value is -3.25. The second-order valence-corrected chi connectivity index (χ2v) is 9.07. The van der Waals surface area contributed by atoms with Gasteiger partial charge in [0.2, 0.25) is 5.91 Å². The van der Waals surface area contributed by atoms with Crippen LogP contribution in [0.4, 0.5) is 13.2 Å². The monoisotopic (exact) mass is 511 g/mol. The zero-order chi connectivity index (χ0) is 25.5. The summed E-state index contributed by atoms with van der Waals surface area (Å²) < 4.78 is 45.5. The van der Waals surface area contributed by atoms with Crippen LogP contribution in [0.25, 0.3) is 0 Å². The summed E-state index contributed by atoms with van der Waals surface area (Å²) in [4.78, 5) is 37.5. The molecular formula is C23H24F3N3O5S. The summed E-state index contributed by atoms with van der Waals surface area (Å²) in [7, 11) is 0. The van der Waals surface area contributed by atoms with Crippen molar-refractivity contribution in [2.24, 2.45) is 5.73 Å². The van der Waals surface area contributed by atoms with Crippen LogP contribution in [-0.4, -0.2) is 58.1 Å². The van der Waals surface area contributed by atoms with Crippen LogP contribution in [0, 0.1) is 17.5 Å². The molecule has 12 heteroatoms. The number of carboxylic acid groups (broad SMARTS) is 1. The number of carbonyl (C=O) groups is 3. The molecular weight excluding hydrogens is 487 g/mol. The van der Waals surface area contributed by atoms with Crippen molar-refractivity contribution < 1.29 is 37.4 Å². The molecule has 0 saturated carbocycles. The summed E-state index contributed by atoms with van der Waals surface area (Å²) in [6.07, 6.45) is -0.376. The quantitative estimate of drug-likeness (QED) is 0.418. The average molecular weight is 512 g/mol. The molecule has 1 fully saturated rings. The highest BCUT2D eigenvalue weighted by atomic mass is 32.2. The van der Waals surface area contributed by atoms with Crippen molar-refractivity contribution in [3.63, 3.8) is 0 Å². The fourth-order valence-electron chi connectivity index (χ4n) is 3.53. The second-order valence-electron chi connectivity index (χ2n) is 7.88. The Kier molecular flexibility index (Phi) is 8.99. The van der Waals surface area contributed by atoms with Gasteiger partial charge in [-0.05, 0) is 35.7 Å². The van der Waals surface area contributed by atoms with E-state index in [1.54, 1.807) is 24.3 Å². The van der Waals surface area contributed by atoms with E-state index in [1.165, 1.54) is 16.7 Å². The first kappa shape index (κ1) is 26.4. The number of ether oxygens (including phenoxy) is 1. The van der Waals surface area contributed by atoms with Crippen molar-refractivity contribution in [3.8, 4) is 5.75 Å². The number of hydrogen-bond donors (Lipinski definition) is 3. The van der Waals surface area contributed by atoms with Crippen molar-refractivity contribution in [2.45, 2.75) is 30.8 Å². The van der Waals surface area contributed by atoms with Gasteiger partial charge in [0.1, 0.15) is 11.6 Å². The average Bonchev–Trinajstić information content (AvgIpc) is 3.30. The molecule has 0 aliphatic carbocycles. The van der Waals surface area contributed by atoms with E-state index in [1.807, 2.05) is 0 Å². The summed E-state index contributed by atoms with van der Waals surface area (Å²) >= 11 is 1.28. The van der Waals surface area contributed by atoms with E-state index in [0.29, 0.717) is 29.7 Å². The van der Waals surface area contributed by atoms with Gasteiger partial charge < -0.3 is 25.8 Å². The van der Waals surface area contributed by atoms with E-state index in [-0.39, 0.29) is 24.9 Å². The number of nitrogens with one attached hydrogen (secondary N) is 1. The van der Waals surface area contributed by atoms with Gasteiger partial charge in [0.15, 0.2) is 23.6 Å². The molecule has 1 aliphatic rings. The minimum Gasteiger partial charge on any atom is -0.482 e. The molecule has 2 amide bonds. The highest BCUT2D eigenvalue weighted by Gasteiger charge is 2.35. The maximum Gasteiger partial charge on any atom is 0.341 e. The second kappa shape index (κ2) is 11.9. The molecule has 1 heterocycles. The topological polar surface area (TPSA) is 122 Å². The molecule has 188 valence electrons. The fourth-order valence-corrected chi connectivity index (χ4v) is 4.69. The van der Waals surface area contributed by atoms with Crippen LogP contribution < -0.4 is 15.8 Å². The van der Waals surface area contributed by atoms with Crippen LogP contribution in [0.1, 0.15) is 17.5 Å². The lowest BCUT2D eigenvalue weighted by molar-refractivity contribution is -0.139. The Morgan fingerprint density at radius 3 is 2.66 bits per heavy atom. The third-order valence-corrected chi connectivity index (χ3v) is 6.37. The number of nitrogens with zero attached hydrogens (tertiary/aromatic N) is 1. The van der Waals surface area contributed by atoms with E-state index in [0.717, 1.165) is 6.07 Å². The number of halogens is 3. The molecule has 2 aromatic rings. The molecule has 0 spiro atoms. The molecule has 0 bridgehead atoms. The predicted octanol–water partition coefficient (Wildman–Crippen LogP) is 2.05. The van der Waals surface area contributed by atoms with Gasteiger partial charge in [-0.3, -0.25) is 9.59 Å². The van der Waals surface area contributed by atoms with E-state index >= 15 is 0 Å². The molecule has 2 atom stereocenters. The Morgan fingerprint density at radius 2 is 1.91 bits per heavy atom. The molecule has 0 radical (unpaired) electrons. The Bertz CT molecular complexity index is 1100. The van der Waals surface area contributed by atoms with Gasteiger partial charge in [-0.15, -0.1) is 11.8 Å². The number of benzene rings is 2. The van der Waals surface area contributed by atoms with Gasteiger partial charge in [-0.2, -0.15) is 0 Å². The van der Waals surface area contributed by atoms with E-state index < -0.39 is 53.3 Å². The van der Waals surface area contributed by atoms with E-state index in [9.17, 15) is 27.6 Å². The smallest absolute Gasteiger partial charge is 0.341 e. The molecule has 2 aromatic carbocycles. The van der Waals surface area contributed by atoms with Gasteiger partial charge in [0, 0.05) is 37.4 Å². The lowest BCUT2D eigenvalue weighted by Gasteiger charge is -2.24. The van der Waals surface area contributed by atoms with Crippen LogP contribution in [-0.2, 0) is 27.3 Å². The fraction of sp³-hybridized carbons (Fsp3) is 0.348. The van der Waals surface area contributed by atoms with Gasteiger partial charge in [-0.1, -0.05) is 12.1 Å². The van der Waals surface area contributed by atoms with Crippen LogP contribution in [0.15, 0.2) is 36.4 Å². The highest BCUT2D eigenvalue weighted by molar-refractivity contribution is 8.00. The molecule has 1 aliphatic heterocycles. The van der Waals surface area contributed by atoms with E-state index in [2.05, 4.69) is 5.32 Å². The van der Waals surface area contributed by atoms with Crippen molar-refractivity contribution in [1.82, 2.24) is 10.2 Å². The maximum absolute atomic E-state index is 13.9.